The van der Waals surface area contributed by atoms with E-state index >= 15 is 0 Å². The minimum absolute atomic E-state index is 0. The van der Waals surface area contributed by atoms with Gasteiger partial charge in [0.05, 0.1) is 5.69 Å². The van der Waals surface area contributed by atoms with Crippen LogP contribution in [0.2, 0.25) is 0 Å². The summed E-state index contributed by atoms with van der Waals surface area (Å²) in [6.07, 6.45) is 0.282. The second-order valence-corrected chi connectivity index (χ2v) is 4.06. The molecule has 1 aromatic rings. The van der Waals surface area contributed by atoms with Crippen molar-refractivity contribution in [3.63, 3.8) is 0 Å². The van der Waals surface area contributed by atoms with Gasteiger partial charge in [-0.3, -0.25) is 4.79 Å². The van der Waals surface area contributed by atoms with Crippen LogP contribution >= 0.6 is 12.4 Å². The van der Waals surface area contributed by atoms with Crippen LogP contribution in [0.1, 0.15) is 13.3 Å². The van der Waals surface area contributed by atoms with Crippen LogP contribution in [0.5, 0.6) is 11.5 Å². The summed E-state index contributed by atoms with van der Waals surface area (Å²) in [5.74, 6) is 1.13. The SMILES string of the molecule is CC(N)CC(=O)Nc1cccc2c1OCCO2.Cl. The van der Waals surface area contributed by atoms with E-state index in [1.807, 2.05) is 12.1 Å². The van der Waals surface area contributed by atoms with Crippen LogP contribution in [0.15, 0.2) is 18.2 Å². The maximum atomic E-state index is 11.6. The quantitative estimate of drug-likeness (QED) is 0.876. The topological polar surface area (TPSA) is 73.6 Å². The van der Waals surface area contributed by atoms with Crippen molar-refractivity contribution in [1.29, 1.82) is 0 Å². The number of para-hydroxylation sites is 1. The Bertz CT molecular complexity index is 424. The number of benzene rings is 1. The van der Waals surface area contributed by atoms with Crippen molar-refractivity contribution >= 4 is 24.0 Å². The number of fused-ring (bicyclic) bond motifs is 1. The van der Waals surface area contributed by atoms with Crippen molar-refractivity contribution < 1.29 is 14.3 Å². The summed E-state index contributed by atoms with van der Waals surface area (Å²) >= 11 is 0. The molecule has 3 N–H and O–H groups in total. The summed E-state index contributed by atoms with van der Waals surface area (Å²) in [6.45, 7) is 2.82. The van der Waals surface area contributed by atoms with Crippen LogP contribution in [-0.2, 0) is 4.79 Å². The van der Waals surface area contributed by atoms with Gasteiger partial charge in [-0.1, -0.05) is 6.07 Å². The third-order valence-electron chi connectivity index (χ3n) is 2.35. The second-order valence-electron chi connectivity index (χ2n) is 4.06. The highest BCUT2D eigenvalue weighted by Gasteiger charge is 2.17. The second kappa shape index (κ2) is 6.47. The minimum Gasteiger partial charge on any atom is -0.486 e. The molecule has 0 spiro atoms. The van der Waals surface area contributed by atoms with Gasteiger partial charge in [0.15, 0.2) is 11.5 Å². The van der Waals surface area contributed by atoms with E-state index in [9.17, 15) is 4.79 Å². The highest BCUT2D eigenvalue weighted by Crippen LogP contribution is 2.37. The molecule has 0 aliphatic carbocycles. The van der Waals surface area contributed by atoms with Crippen molar-refractivity contribution in [2.45, 2.75) is 19.4 Å². The van der Waals surface area contributed by atoms with Gasteiger partial charge in [0.2, 0.25) is 5.91 Å². The highest BCUT2D eigenvalue weighted by molar-refractivity contribution is 5.93. The Morgan fingerprint density at radius 2 is 2.17 bits per heavy atom. The molecule has 1 unspecified atom stereocenters. The Hall–Kier alpha value is -1.46. The van der Waals surface area contributed by atoms with Gasteiger partial charge < -0.3 is 20.5 Å². The number of ether oxygens (including phenoxy) is 2. The molecular weight excluding hydrogens is 256 g/mol. The monoisotopic (exact) mass is 272 g/mol. The standard InChI is InChI=1S/C12H16N2O3.ClH/c1-8(13)7-11(15)14-9-3-2-4-10-12(9)17-6-5-16-10;/h2-4,8H,5-7,13H2,1H3,(H,14,15);1H. The first-order chi connectivity index (χ1) is 8.16. The summed E-state index contributed by atoms with van der Waals surface area (Å²) in [5, 5.41) is 2.78. The molecule has 1 aliphatic heterocycles. The third kappa shape index (κ3) is 3.51. The van der Waals surface area contributed by atoms with E-state index < -0.39 is 0 Å². The lowest BCUT2D eigenvalue weighted by Gasteiger charge is -2.21. The van der Waals surface area contributed by atoms with Crippen molar-refractivity contribution in [1.82, 2.24) is 0 Å². The number of rotatable bonds is 3. The van der Waals surface area contributed by atoms with Gasteiger partial charge in [-0.05, 0) is 19.1 Å². The zero-order valence-electron chi connectivity index (χ0n) is 10.1. The van der Waals surface area contributed by atoms with Gasteiger partial charge in [0.1, 0.15) is 13.2 Å². The first-order valence-electron chi connectivity index (χ1n) is 5.61. The molecule has 1 atom stereocenters. The third-order valence-corrected chi connectivity index (χ3v) is 2.35. The van der Waals surface area contributed by atoms with E-state index in [-0.39, 0.29) is 30.8 Å². The van der Waals surface area contributed by atoms with Crippen LogP contribution in [0, 0.1) is 0 Å². The number of carbonyl (C=O) groups is 1. The van der Waals surface area contributed by atoms with Crippen LogP contribution in [0.25, 0.3) is 0 Å². The van der Waals surface area contributed by atoms with Crippen molar-refractivity contribution in [3.8, 4) is 11.5 Å². The van der Waals surface area contributed by atoms with E-state index in [4.69, 9.17) is 15.2 Å². The van der Waals surface area contributed by atoms with E-state index in [2.05, 4.69) is 5.32 Å². The molecule has 1 amide bonds. The number of nitrogens with two attached hydrogens (primary N) is 1. The Kier molecular flexibility index (Phi) is 5.25. The number of carbonyl (C=O) groups excluding carboxylic acids is 1. The van der Waals surface area contributed by atoms with Crippen molar-refractivity contribution in [3.05, 3.63) is 18.2 Å². The number of amides is 1. The maximum absolute atomic E-state index is 11.6. The van der Waals surface area contributed by atoms with E-state index in [1.54, 1.807) is 13.0 Å². The largest absolute Gasteiger partial charge is 0.486 e. The number of hydrogen-bond donors (Lipinski definition) is 2. The lowest BCUT2D eigenvalue weighted by atomic mass is 10.2. The van der Waals surface area contributed by atoms with E-state index in [0.29, 0.717) is 30.4 Å². The highest BCUT2D eigenvalue weighted by atomic mass is 35.5. The Morgan fingerprint density at radius 1 is 1.44 bits per heavy atom. The molecule has 1 aliphatic rings. The fourth-order valence-corrected chi connectivity index (χ4v) is 1.67. The average Bonchev–Trinajstić information content (AvgIpc) is 2.28. The first kappa shape index (κ1) is 14.6. The fourth-order valence-electron chi connectivity index (χ4n) is 1.67. The molecular formula is C12H17ClN2O3. The van der Waals surface area contributed by atoms with Gasteiger partial charge in [0.25, 0.3) is 0 Å². The summed E-state index contributed by atoms with van der Waals surface area (Å²) in [6, 6.07) is 5.25. The summed E-state index contributed by atoms with van der Waals surface area (Å²) in [5.41, 5.74) is 6.20. The van der Waals surface area contributed by atoms with Crippen LogP contribution in [0.3, 0.4) is 0 Å². The van der Waals surface area contributed by atoms with Gasteiger partial charge in [0, 0.05) is 12.5 Å². The lowest BCUT2D eigenvalue weighted by molar-refractivity contribution is -0.116. The summed E-state index contributed by atoms with van der Waals surface area (Å²) < 4.78 is 10.9. The zero-order valence-corrected chi connectivity index (χ0v) is 11.0. The lowest BCUT2D eigenvalue weighted by Crippen LogP contribution is -2.24. The van der Waals surface area contributed by atoms with Crippen LogP contribution in [-0.4, -0.2) is 25.2 Å². The predicted octanol–water partition coefficient (Wildman–Crippen LogP) is 1.56. The normalized spacial score (nSPS) is 14.3. The summed E-state index contributed by atoms with van der Waals surface area (Å²) in [4.78, 5) is 11.6. The molecule has 100 valence electrons. The molecule has 5 nitrogen and oxygen atoms in total. The average molecular weight is 273 g/mol. The molecule has 2 rings (SSSR count). The van der Waals surface area contributed by atoms with Gasteiger partial charge in [-0.25, -0.2) is 0 Å². The number of halogens is 1. The molecule has 1 heterocycles. The molecule has 6 heteroatoms. The van der Waals surface area contributed by atoms with Crippen LogP contribution in [0.4, 0.5) is 5.69 Å². The Labute approximate surface area is 112 Å². The smallest absolute Gasteiger partial charge is 0.226 e. The van der Waals surface area contributed by atoms with Crippen LogP contribution < -0.4 is 20.5 Å². The van der Waals surface area contributed by atoms with E-state index in [1.165, 1.54) is 0 Å². The number of hydrogen-bond acceptors (Lipinski definition) is 4. The first-order valence-corrected chi connectivity index (χ1v) is 5.61. The molecule has 0 aromatic heterocycles. The number of nitrogens with one attached hydrogen (secondary N) is 1. The number of anilines is 1. The van der Waals surface area contributed by atoms with Crippen molar-refractivity contribution in [2.75, 3.05) is 18.5 Å². The fraction of sp³-hybridized carbons (Fsp3) is 0.417. The summed E-state index contributed by atoms with van der Waals surface area (Å²) in [7, 11) is 0. The van der Waals surface area contributed by atoms with E-state index in [0.717, 1.165) is 0 Å². The molecule has 0 saturated carbocycles. The van der Waals surface area contributed by atoms with Gasteiger partial charge in [-0.15, -0.1) is 12.4 Å². The zero-order chi connectivity index (χ0) is 12.3. The molecule has 1 aromatic carbocycles. The molecule has 0 bridgehead atoms. The van der Waals surface area contributed by atoms with Crippen molar-refractivity contribution in [2.24, 2.45) is 5.73 Å². The maximum Gasteiger partial charge on any atom is 0.226 e. The van der Waals surface area contributed by atoms with Gasteiger partial charge in [-0.2, -0.15) is 0 Å². The minimum atomic E-state index is -0.160. The molecule has 0 fully saturated rings. The van der Waals surface area contributed by atoms with Gasteiger partial charge >= 0.3 is 0 Å². The predicted molar refractivity (Wildman–Crippen MR) is 71.6 cm³/mol. The molecule has 0 radical (unpaired) electrons. The molecule has 18 heavy (non-hydrogen) atoms. The molecule has 0 saturated heterocycles. The Balaban J connectivity index is 0.00000162. The Morgan fingerprint density at radius 3 is 2.89 bits per heavy atom.